The van der Waals surface area contributed by atoms with Crippen LogP contribution >= 0.6 is 7.82 Å². The Balaban J connectivity index is 3.99. The smallest absolute Gasteiger partial charge is 0.306 e. The molecule has 0 amide bonds. The van der Waals surface area contributed by atoms with Gasteiger partial charge in [0, 0.05) is 12.8 Å². The van der Waals surface area contributed by atoms with Crippen molar-refractivity contribution in [2.75, 3.05) is 47.5 Å². The highest BCUT2D eigenvalue weighted by Crippen LogP contribution is 2.38. The average Bonchev–Trinajstić information content (AvgIpc) is 3.41. The van der Waals surface area contributed by atoms with Crippen molar-refractivity contribution in [3.63, 3.8) is 0 Å². The molecule has 0 N–H and O–H groups in total. The topological polar surface area (TPSA) is 111 Å². The number of hydrogen-bond acceptors (Lipinski definition) is 8. The summed E-state index contributed by atoms with van der Waals surface area (Å²) in [6, 6.07) is 0. The molecule has 454 valence electrons. The lowest BCUT2D eigenvalue weighted by atomic mass is 10.0. The predicted octanol–water partition coefficient (Wildman–Crippen LogP) is 20.2. The van der Waals surface area contributed by atoms with Crippen LogP contribution in [-0.4, -0.2) is 70.0 Å². The quantitative estimate of drug-likeness (QED) is 0.0195. The van der Waals surface area contributed by atoms with Crippen molar-refractivity contribution in [2.45, 2.75) is 302 Å². The number of unbranched alkanes of at least 4 members (excludes halogenated alkanes) is 34. The van der Waals surface area contributed by atoms with Crippen LogP contribution in [0.15, 0.2) is 72.9 Å². The Morgan fingerprint density at radius 1 is 0.410 bits per heavy atom. The second-order valence-electron chi connectivity index (χ2n) is 23.1. The van der Waals surface area contributed by atoms with Gasteiger partial charge in [-0.15, -0.1) is 0 Å². The molecule has 0 aromatic rings. The number of likely N-dealkylation sites (N-methyl/N-ethyl adjacent to an activating group) is 1. The van der Waals surface area contributed by atoms with Gasteiger partial charge in [0.15, 0.2) is 6.10 Å². The third-order valence-electron chi connectivity index (χ3n) is 14.2. The van der Waals surface area contributed by atoms with Gasteiger partial charge < -0.3 is 27.9 Å². The number of esters is 2. The molecule has 0 aliphatic rings. The normalized spacial score (nSPS) is 13.7. The van der Waals surface area contributed by atoms with E-state index in [1.165, 1.54) is 186 Å². The van der Waals surface area contributed by atoms with Gasteiger partial charge in [-0.1, -0.05) is 292 Å². The van der Waals surface area contributed by atoms with Crippen molar-refractivity contribution >= 4 is 19.8 Å². The molecule has 2 atom stereocenters. The van der Waals surface area contributed by atoms with Gasteiger partial charge in [-0.3, -0.25) is 14.2 Å². The van der Waals surface area contributed by atoms with E-state index in [-0.39, 0.29) is 32.0 Å². The standard InChI is InChI=1S/C68H124NO8P/c1-6-8-10-12-14-16-18-20-22-24-25-26-27-28-29-30-31-32-33-34-35-36-37-38-39-40-41-42-43-45-47-49-51-53-55-57-59-61-68(71)77-66(65-76-78(72,73)75-63-62-69(3,4)5)64-74-67(70)60-58-56-54-52-50-48-46-44-23-21-19-17-15-13-11-9-7-2/h8,10,14,16,20,22,25-26,28-29,31-32,66H,6-7,9,11-13,15,17-19,21,23-24,27,30,33-65H2,1-5H3/b10-8-,16-14-,22-20-,26-25-,29-28-,32-31-. The lowest BCUT2D eigenvalue weighted by molar-refractivity contribution is -0.870. The Morgan fingerprint density at radius 2 is 0.731 bits per heavy atom. The highest BCUT2D eigenvalue weighted by atomic mass is 31.2. The van der Waals surface area contributed by atoms with E-state index in [0.717, 1.165) is 77.0 Å². The molecular formula is C68H124NO8P. The first kappa shape index (κ1) is 75.5. The first-order valence-corrected chi connectivity index (χ1v) is 34.1. The van der Waals surface area contributed by atoms with Crippen LogP contribution in [0.4, 0.5) is 0 Å². The van der Waals surface area contributed by atoms with Gasteiger partial charge in [0.1, 0.15) is 19.8 Å². The molecular weight excluding hydrogens is 990 g/mol. The molecule has 0 bridgehead atoms. The summed E-state index contributed by atoms with van der Waals surface area (Å²) in [6.45, 7) is 4.17. The molecule has 9 nitrogen and oxygen atoms in total. The summed E-state index contributed by atoms with van der Waals surface area (Å²) < 4.78 is 34.2. The fourth-order valence-corrected chi connectivity index (χ4v) is 9.98. The first-order chi connectivity index (χ1) is 38.0. The van der Waals surface area contributed by atoms with E-state index in [4.69, 9.17) is 18.5 Å². The SMILES string of the molecule is CC/C=C\C/C=C\C/C=C\C/C=C\C/C=C\C/C=C\CCCCCCCCCCCCCCCCCCCCC(=O)OC(COC(=O)CCCCCCCCCCCCCCCCCCC)COP(=O)([O-])OCC[N+](C)(C)C. The molecule has 0 fully saturated rings. The van der Waals surface area contributed by atoms with E-state index in [1.807, 2.05) is 21.1 Å². The first-order valence-electron chi connectivity index (χ1n) is 32.6. The maximum atomic E-state index is 12.8. The summed E-state index contributed by atoms with van der Waals surface area (Å²) in [5.41, 5.74) is 0. The van der Waals surface area contributed by atoms with Gasteiger partial charge in [-0.2, -0.15) is 0 Å². The summed E-state index contributed by atoms with van der Waals surface area (Å²) in [5, 5.41) is 0. The lowest BCUT2D eigenvalue weighted by Gasteiger charge is -2.28. The van der Waals surface area contributed by atoms with Gasteiger partial charge in [0.05, 0.1) is 27.7 Å². The predicted molar refractivity (Wildman–Crippen MR) is 333 cm³/mol. The van der Waals surface area contributed by atoms with Crippen molar-refractivity contribution in [3.05, 3.63) is 72.9 Å². The highest BCUT2D eigenvalue weighted by molar-refractivity contribution is 7.45. The number of phosphoric acid groups is 1. The average molecular weight is 1110 g/mol. The van der Waals surface area contributed by atoms with Crippen LogP contribution < -0.4 is 4.89 Å². The van der Waals surface area contributed by atoms with Crippen LogP contribution in [-0.2, 0) is 32.7 Å². The zero-order valence-corrected chi connectivity index (χ0v) is 52.5. The Bertz CT molecular complexity index is 1550. The van der Waals surface area contributed by atoms with Crippen LogP contribution in [0.3, 0.4) is 0 Å². The summed E-state index contributed by atoms with van der Waals surface area (Å²) in [7, 11) is 1.18. The Kier molecular flexibility index (Phi) is 57.2. The molecule has 0 spiro atoms. The molecule has 0 saturated heterocycles. The number of quaternary nitrogens is 1. The minimum atomic E-state index is -4.64. The second kappa shape index (κ2) is 59.1. The third-order valence-corrected chi connectivity index (χ3v) is 15.2. The number of hydrogen-bond donors (Lipinski definition) is 0. The number of phosphoric ester groups is 1. The maximum Gasteiger partial charge on any atom is 0.306 e. The Labute approximate surface area is 482 Å². The molecule has 2 unspecified atom stereocenters. The molecule has 78 heavy (non-hydrogen) atoms. The Morgan fingerprint density at radius 3 is 1.09 bits per heavy atom. The number of nitrogens with zero attached hydrogens (tertiary/aromatic N) is 1. The zero-order chi connectivity index (χ0) is 57.0. The van der Waals surface area contributed by atoms with Crippen molar-refractivity contribution in [1.82, 2.24) is 0 Å². The van der Waals surface area contributed by atoms with E-state index in [0.29, 0.717) is 17.4 Å². The lowest BCUT2D eigenvalue weighted by Crippen LogP contribution is -2.37. The van der Waals surface area contributed by atoms with Crippen LogP contribution in [0.1, 0.15) is 296 Å². The van der Waals surface area contributed by atoms with Gasteiger partial charge in [0.2, 0.25) is 0 Å². The van der Waals surface area contributed by atoms with Crippen LogP contribution in [0.25, 0.3) is 0 Å². The number of carbonyl (C=O) groups excluding carboxylic acids is 2. The van der Waals surface area contributed by atoms with Crippen LogP contribution in [0, 0.1) is 0 Å². The van der Waals surface area contributed by atoms with E-state index < -0.39 is 26.5 Å². The zero-order valence-electron chi connectivity index (χ0n) is 51.6. The molecule has 0 aromatic carbocycles. The molecule has 0 aromatic heterocycles. The molecule has 0 saturated carbocycles. The van der Waals surface area contributed by atoms with Crippen molar-refractivity contribution in [3.8, 4) is 0 Å². The van der Waals surface area contributed by atoms with Crippen LogP contribution in [0.5, 0.6) is 0 Å². The maximum absolute atomic E-state index is 12.8. The van der Waals surface area contributed by atoms with E-state index in [9.17, 15) is 19.0 Å². The third kappa shape index (κ3) is 62.6. The minimum Gasteiger partial charge on any atom is -0.756 e. The highest BCUT2D eigenvalue weighted by Gasteiger charge is 2.22. The fraction of sp³-hybridized carbons (Fsp3) is 0.794. The molecule has 0 radical (unpaired) electrons. The summed E-state index contributed by atoms with van der Waals surface area (Å²) in [4.78, 5) is 37.9. The summed E-state index contributed by atoms with van der Waals surface area (Å²) in [6.07, 6.45) is 78.3. The van der Waals surface area contributed by atoms with E-state index in [2.05, 4.69) is 86.8 Å². The Hall–Kier alpha value is -2.55. The molecule has 0 rings (SSSR count). The van der Waals surface area contributed by atoms with E-state index >= 15 is 0 Å². The summed E-state index contributed by atoms with van der Waals surface area (Å²) >= 11 is 0. The molecule has 0 aliphatic carbocycles. The monoisotopic (exact) mass is 1110 g/mol. The second-order valence-corrected chi connectivity index (χ2v) is 24.5. The largest absolute Gasteiger partial charge is 0.756 e. The van der Waals surface area contributed by atoms with Crippen molar-refractivity contribution in [1.29, 1.82) is 0 Å². The minimum absolute atomic E-state index is 0.0296. The molecule has 0 aliphatic heterocycles. The van der Waals surface area contributed by atoms with Crippen molar-refractivity contribution < 1.29 is 42.1 Å². The summed E-state index contributed by atoms with van der Waals surface area (Å²) in [5.74, 6) is -0.819. The van der Waals surface area contributed by atoms with Crippen LogP contribution in [0.2, 0.25) is 0 Å². The van der Waals surface area contributed by atoms with E-state index in [1.54, 1.807) is 0 Å². The number of ether oxygens (including phenoxy) is 2. The van der Waals surface area contributed by atoms with Crippen molar-refractivity contribution in [2.24, 2.45) is 0 Å². The molecule has 10 heteroatoms. The fourth-order valence-electron chi connectivity index (χ4n) is 9.25. The number of rotatable bonds is 60. The van der Waals surface area contributed by atoms with Gasteiger partial charge in [-0.05, 0) is 64.2 Å². The van der Waals surface area contributed by atoms with Gasteiger partial charge in [0.25, 0.3) is 7.82 Å². The number of carbonyl (C=O) groups is 2. The van der Waals surface area contributed by atoms with Gasteiger partial charge in [-0.25, -0.2) is 0 Å². The number of allylic oxidation sites excluding steroid dienone is 12. The van der Waals surface area contributed by atoms with Gasteiger partial charge >= 0.3 is 11.9 Å². The molecule has 0 heterocycles.